The highest BCUT2D eigenvalue weighted by Gasteiger charge is 2.34. The fraction of sp³-hybridized carbons (Fsp3) is 0.846. The SMILES string of the molecule is C=C(C)CC(COC)(COCC)C(C)C. The van der Waals surface area contributed by atoms with Gasteiger partial charge in [0.15, 0.2) is 0 Å². The number of ether oxygens (including phenoxy) is 2. The van der Waals surface area contributed by atoms with E-state index in [1.54, 1.807) is 7.11 Å². The Morgan fingerprint density at radius 1 is 1.33 bits per heavy atom. The van der Waals surface area contributed by atoms with Crippen molar-refractivity contribution in [1.29, 1.82) is 0 Å². The standard InChI is InChI=1S/C13H26O2/c1-7-15-10-13(9-14-6,12(4)5)8-11(2)3/h12H,2,7-10H2,1,3-6H3. The lowest BCUT2D eigenvalue weighted by atomic mass is 9.74. The summed E-state index contributed by atoms with van der Waals surface area (Å²) in [4.78, 5) is 0. The Labute approximate surface area is 94.7 Å². The van der Waals surface area contributed by atoms with Crippen molar-refractivity contribution in [3.63, 3.8) is 0 Å². The van der Waals surface area contributed by atoms with E-state index in [1.165, 1.54) is 5.57 Å². The van der Waals surface area contributed by atoms with Gasteiger partial charge in [-0.15, -0.1) is 6.58 Å². The molecule has 0 amide bonds. The quantitative estimate of drug-likeness (QED) is 0.577. The fourth-order valence-corrected chi connectivity index (χ4v) is 1.87. The van der Waals surface area contributed by atoms with Crippen molar-refractivity contribution >= 4 is 0 Å². The molecule has 0 N–H and O–H groups in total. The highest BCUT2D eigenvalue weighted by atomic mass is 16.5. The molecule has 0 aromatic rings. The van der Waals surface area contributed by atoms with Gasteiger partial charge in [-0.25, -0.2) is 0 Å². The Morgan fingerprint density at radius 3 is 2.27 bits per heavy atom. The lowest BCUT2D eigenvalue weighted by Gasteiger charge is -2.37. The zero-order valence-electron chi connectivity index (χ0n) is 10.9. The number of rotatable bonds is 8. The second-order valence-electron chi connectivity index (χ2n) is 4.72. The third kappa shape index (κ3) is 4.80. The Morgan fingerprint density at radius 2 is 1.93 bits per heavy atom. The average molecular weight is 214 g/mol. The van der Waals surface area contributed by atoms with Crippen molar-refractivity contribution in [3.05, 3.63) is 12.2 Å². The van der Waals surface area contributed by atoms with Crippen LogP contribution in [-0.2, 0) is 9.47 Å². The number of hydrogen-bond acceptors (Lipinski definition) is 2. The van der Waals surface area contributed by atoms with Crippen LogP contribution in [-0.4, -0.2) is 26.9 Å². The molecule has 0 rings (SSSR count). The average Bonchev–Trinajstić information content (AvgIpc) is 2.13. The summed E-state index contributed by atoms with van der Waals surface area (Å²) in [5.74, 6) is 0.528. The molecule has 1 atom stereocenters. The van der Waals surface area contributed by atoms with Gasteiger partial charge in [-0.3, -0.25) is 0 Å². The molecule has 0 heterocycles. The summed E-state index contributed by atoms with van der Waals surface area (Å²) in [6.45, 7) is 14.8. The topological polar surface area (TPSA) is 18.5 Å². The van der Waals surface area contributed by atoms with Crippen LogP contribution >= 0.6 is 0 Å². The molecule has 0 aliphatic carbocycles. The minimum atomic E-state index is 0.0800. The number of allylic oxidation sites excluding steroid dienone is 1. The number of methoxy groups -OCH3 is 1. The van der Waals surface area contributed by atoms with Crippen molar-refractivity contribution in [3.8, 4) is 0 Å². The summed E-state index contributed by atoms with van der Waals surface area (Å²) in [5, 5.41) is 0. The zero-order chi connectivity index (χ0) is 11.9. The summed E-state index contributed by atoms with van der Waals surface area (Å²) in [6.07, 6.45) is 0.971. The van der Waals surface area contributed by atoms with E-state index >= 15 is 0 Å². The minimum Gasteiger partial charge on any atom is -0.384 e. The van der Waals surface area contributed by atoms with Crippen molar-refractivity contribution < 1.29 is 9.47 Å². The molecule has 0 saturated heterocycles. The maximum Gasteiger partial charge on any atom is 0.0549 e. The molecule has 0 saturated carbocycles. The molecule has 0 fully saturated rings. The molecule has 0 aliphatic heterocycles. The van der Waals surface area contributed by atoms with Gasteiger partial charge in [0.05, 0.1) is 13.2 Å². The third-order valence-corrected chi connectivity index (χ3v) is 2.90. The van der Waals surface area contributed by atoms with Gasteiger partial charge in [0.25, 0.3) is 0 Å². The van der Waals surface area contributed by atoms with Crippen LogP contribution in [0.3, 0.4) is 0 Å². The predicted molar refractivity (Wildman–Crippen MR) is 65.1 cm³/mol. The first kappa shape index (κ1) is 14.7. The van der Waals surface area contributed by atoms with Crippen molar-refractivity contribution in [2.75, 3.05) is 26.9 Å². The summed E-state index contributed by atoms with van der Waals surface area (Å²) in [6, 6.07) is 0. The molecule has 0 spiro atoms. The van der Waals surface area contributed by atoms with Gasteiger partial charge in [0.2, 0.25) is 0 Å². The van der Waals surface area contributed by atoms with Crippen molar-refractivity contribution in [2.24, 2.45) is 11.3 Å². The molecule has 2 heteroatoms. The van der Waals surface area contributed by atoms with E-state index in [1.807, 2.05) is 6.92 Å². The molecule has 1 unspecified atom stereocenters. The highest BCUT2D eigenvalue weighted by molar-refractivity contribution is 4.98. The van der Waals surface area contributed by atoms with Crippen LogP contribution in [0, 0.1) is 11.3 Å². The van der Waals surface area contributed by atoms with Crippen molar-refractivity contribution in [2.45, 2.75) is 34.1 Å². The van der Waals surface area contributed by atoms with Crippen LogP contribution in [0.25, 0.3) is 0 Å². The van der Waals surface area contributed by atoms with Crippen LogP contribution in [0.15, 0.2) is 12.2 Å². The molecule has 0 aliphatic rings. The second-order valence-corrected chi connectivity index (χ2v) is 4.72. The Hall–Kier alpha value is -0.340. The monoisotopic (exact) mass is 214 g/mol. The first-order chi connectivity index (χ1) is 6.98. The van der Waals surface area contributed by atoms with E-state index in [2.05, 4.69) is 27.4 Å². The lowest BCUT2D eigenvalue weighted by Crippen LogP contribution is -2.37. The fourth-order valence-electron chi connectivity index (χ4n) is 1.87. The van der Waals surface area contributed by atoms with Gasteiger partial charge in [-0.1, -0.05) is 19.4 Å². The van der Waals surface area contributed by atoms with E-state index in [0.29, 0.717) is 5.92 Å². The van der Waals surface area contributed by atoms with Gasteiger partial charge in [0, 0.05) is 19.1 Å². The van der Waals surface area contributed by atoms with E-state index in [9.17, 15) is 0 Å². The van der Waals surface area contributed by atoms with Crippen LogP contribution in [0.5, 0.6) is 0 Å². The van der Waals surface area contributed by atoms with Crippen LogP contribution < -0.4 is 0 Å². The largest absolute Gasteiger partial charge is 0.384 e. The molecule has 0 bridgehead atoms. The molecule has 15 heavy (non-hydrogen) atoms. The molecule has 0 aromatic heterocycles. The van der Waals surface area contributed by atoms with E-state index in [4.69, 9.17) is 9.47 Å². The van der Waals surface area contributed by atoms with E-state index < -0.39 is 0 Å². The van der Waals surface area contributed by atoms with Gasteiger partial charge >= 0.3 is 0 Å². The Kier molecular flexibility index (Phi) is 6.86. The summed E-state index contributed by atoms with van der Waals surface area (Å²) >= 11 is 0. The zero-order valence-corrected chi connectivity index (χ0v) is 10.9. The minimum absolute atomic E-state index is 0.0800. The van der Waals surface area contributed by atoms with Gasteiger partial charge < -0.3 is 9.47 Å². The van der Waals surface area contributed by atoms with Gasteiger partial charge in [-0.05, 0) is 26.2 Å². The summed E-state index contributed by atoms with van der Waals surface area (Å²) in [7, 11) is 1.75. The molecule has 2 nitrogen and oxygen atoms in total. The Bertz CT molecular complexity index is 187. The molecular weight excluding hydrogens is 188 g/mol. The predicted octanol–water partition coefficient (Wildman–Crippen LogP) is 3.28. The van der Waals surface area contributed by atoms with Gasteiger partial charge in [0.1, 0.15) is 0 Å². The summed E-state index contributed by atoms with van der Waals surface area (Å²) in [5.41, 5.74) is 1.27. The maximum absolute atomic E-state index is 5.59. The van der Waals surface area contributed by atoms with E-state index in [0.717, 1.165) is 26.2 Å². The van der Waals surface area contributed by atoms with Crippen LogP contribution in [0.1, 0.15) is 34.1 Å². The molecule has 90 valence electrons. The molecule has 0 radical (unpaired) electrons. The molecule has 0 aromatic carbocycles. The smallest absolute Gasteiger partial charge is 0.0549 e. The lowest BCUT2D eigenvalue weighted by molar-refractivity contribution is -0.0323. The maximum atomic E-state index is 5.59. The second kappa shape index (κ2) is 7.02. The normalized spacial score (nSPS) is 15.3. The van der Waals surface area contributed by atoms with Gasteiger partial charge in [-0.2, -0.15) is 0 Å². The number of hydrogen-bond donors (Lipinski definition) is 0. The highest BCUT2D eigenvalue weighted by Crippen LogP contribution is 2.35. The first-order valence-corrected chi connectivity index (χ1v) is 5.69. The Balaban J connectivity index is 4.63. The van der Waals surface area contributed by atoms with Crippen molar-refractivity contribution in [1.82, 2.24) is 0 Å². The van der Waals surface area contributed by atoms with Crippen LogP contribution in [0.2, 0.25) is 0 Å². The van der Waals surface area contributed by atoms with E-state index in [-0.39, 0.29) is 5.41 Å². The summed E-state index contributed by atoms with van der Waals surface area (Å²) < 4.78 is 10.9. The van der Waals surface area contributed by atoms with Crippen LogP contribution in [0.4, 0.5) is 0 Å². The molecular formula is C13H26O2. The third-order valence-electron chi connectivity index (χ3n) is 2.90. The first-order valence-electron chi connectivity index (χ1n) is 5.69.